The number of hydrogen-bond acceptors (Lipinski definition) is 5. The fourth-order valence-corrected chi connectivity index (χ4v) is 4.23. The zero-order valence-corrected chi connectivity index (χ0v) is 13.6. The van der Waals surface area contributed by atoms with E-state index in [1.807, 2.05) is 12.1 Å². The lowest BCUT2D eigenvalue weighted by molar-refractivity contribution is 0.459. The molecule has 0 radical (unpaired) electrons. The van der Waals surface area contributed by atoms with Gasteiger partial charge in [0.25, 0.3) is 0 Å². The summed E-state index contributed by atoms with van der Waals surface area (Å²) in [6.07, 6.45) is 0. The van der Waals surface area contributed by atoms with Gasteiger partial charge in [0.15, 0.2) is 0 Å². The van der Waals surface area contributed by atoms with E-state index in [1.54, 1.807) is 35.1 Å². The summed E-state index contributed by atoms with van der Waals surface area (Å²) in [7, 11) is 0. The van der Waals surface area contributed by atoms with E-state index in [1.165, 1.54) is 35.3 Å². The van der Waals surface area contributed by atoms with E-state index in [9.17, 15) is 10.2 Å². The SMILES string of the molecule is C=CSc1c(O)cccc1Sc1cccc(O)c1SC=C. The highest BCUT2D eigenvalue weighted by Gasteiger charge is 2.13. The fraction of sp³-hybridized carbons (Fsp3) is 0. The Balaban J connectivity index is 2.43. The molecular weight excluding hydrogens is 320 g/mol. The molecule has 108 valence electrons. The Morgan fingerprint density at radius 3 is 1.57 bits per heavy atom. The fourth-order valence-electron chi connectivity index (χ4n) is 1.69. The van der Waals surface area contributed by atoms with E-state index in [4.69, 9.17) is 0 Å². The molecule has 5 heteroatoms. The summed E-state index contributed by atoms with van der Waals surface area (Å²) in [6, 6.07) is 10.8. The van der Waals surface area contributed by atoms with Crippen LogP contribution in [0.1, 0.15) is 0 Å². The molecular formula is C16H14O2S3. The summed E-state index contributed by atoms with van der Waals surface area (Å²) in [4.78, 5) is 3.35. The molecule has 0 saturated carbocycles. The molecule has 2 rings (SSSR count). The van der Waals surface area contributed by atoms with Crippen LogP contribution in [0, 0.1) is 0 Å². The smallest absolute Gasteiger partial charge is 0.130 e. The lowest BCUT2D eigenvalue weighted by Gasteiger charge is -2.12. The van der Waals surface area contributed by atoms with Gasteiger partial charge in [0, 0.05) is 9.79 Å². The first-order valence-electron chi connectivity index (χ1n) is 6.04. The Morgan fingerprint density at radius 2 is 1.19 bits per heavy atom. The summed E-state index contributed by atoms with van der Waals surface area (Å²) >= 11 is 4.24. The van der Waals surface area contributed by atoms with Gasteiger partial charge >= 0.3 is 0 Å². The minimum absolute atomic E-state index is 0.225. The van der Waals surface area contributed by atoms with Gasteiger partial charge in [0.2, 0.25) is 0 Å². The van der Waals surface area contributed by atoms with Crippen LogP contribution < -0.4 is 0 Å². The predicted octanol–water partition coefficient (Wildman–Crippen LogP) is 5.72. The largest absolute Gasteiger partial charge is 0.507 e. The molecule has 0 bridgehead atoms. The van der Waals surface area contributed by atoms with Crippen LogP contribution in [-0.4, -0.2) is 10.2 Å². The monoisotopic (exact) mass is 334 g/mol. The van der Waals surface area contributed by atoms with Gasteiger partial charge in [0.05, 0.1) is 9.79 Å². The zero-order chi connectivity index (χ0) is 15.2. The van der Waals surface area contributed by atoms with E-state index < -0.39 is 0 Å². The third-order valence-electron chi connectivity index (χ3n) is 2.54. The van der Waals surface area contributed by atoms with Gasteiger partial charge in [0.1, 0.15) is 11.5 Å². The third-order valence-corrected chi connectivity index (χ3v) is 5.58. The van der Waals surface area contributed by atoms with Gasteiger partial charge in [-0.15, -0.1) is 0 Å². The molecule has 0 aliphatic heterocycles. The summed E-state index contributed by atoms with van der Waals surface area (Å²) in [5.41, 5.74) is 0. The molecule has 2 aromatic carbocycles. The number of aromatic hydroxyl groups is 2. The van der Waals surface area contributed by atoms with Crippen molar-refractivity contribution in [2.75, 3.05) is 0 Å². The van der Waals surface area contributed by atoms with E-state index in [-0.39, 0.29) is 11.5 Å². The minimum Gasteiger partial charge on any atom is -0.507 e. The number of thioether (sulfide) groups is 2. The summed E-state index contributed by atoms with van der Waals surface area (Å²) in [5.74, 6) is 0.450. The van der Waals surface area contributed by atoms with Crippen molar-refractivity contribution < 1.29 is 10.2 Å². The Bertz CT molecular complexity index is 611. The second-order valence-electron chi connectivity index (χ2n) is 3.88. The van der Waals surface area contributed by atoms with Crippen LogP contribution in [0.3, 0.4) is 0 Å². The number of phenols is 2. The van der Waals surface area contributed by atoms with Crippen molar-refractivity contribution in [3.8, 4) is 11.5 Å². The van der Waals surface area contributed by atoms with E-state index in [0.29, 0.717) is 0 Å². The summed E-state index contributed by atoms with van der Waals surface area (Å²) in [6.45, 7) is 7.38. The second-order valence-corrected chi connectivity index (χ2v) is 6.92. The van der Waals surface area contributed by atoms with Crippen molar-refractivity contribution in [3.63, 3.8) is 0 Å². The highest BCUT2D eigenvalue weighted by Crippen LogP contribution is 2.45. The summed E-state index contributed by atoms with van der Waals surface area (Å²) in [5, 5.41) is 23.3. The third kappa shape index (κ3) is 3.81. The average molecular weight is 334 g/mol. The lowest BCUT2D eigenvalue weighted by atomic mass is 10.3. The van der Waals surface area contributed by atoms with Crippen LogP contribution in [0.25, 0.3) is 0 Å². The maximum absolute atomic E-state index is 9.98. The highest BCUT2D eigenvalue weighted by molar-refractivity contribution is 8.05. The first-order chi connectivity index (χ1) is 10.2. The molecule has 2 aromatic rings. The van der Waals surface area contributed by atoms with Crippen molar-refractivity contribution in [1.29, 1.82) is 0 Å². The number of phenolic OH excluding ortho intramolecular Hbond substituents is 2. The number of benzene rings is 2. The summed E-state index contributed by atoms with van der Waals surface area (Å²) < 4.78 is 0. The van der Waals surface area contributed by atoms with E-state index in [2.05, 4.69) is 13.2 Å². The van der Waals surface area contributed by atoms with Crippen LogP contribution in [0.15, 0.2) is 80.0 Å². The molecule has 0 saturated heterocycles. The first kappa shape index (κ1) is 15.9. The molecule has 0 aliphatic carbocycles. The van der Waals surface area contributed by atoms with Crippen molar-refractivity contribution in [1.82, 2.24) is 0 Å². The Kier molecular flexibility index (Phi) is 5.73. The molecule has 2 N–H and O–H groups in total. The number of rotatable bonds is 6. The zero-order valence-electron chi connectivity index (χ0n) is 11.2. The maximum Gasteiger partial charge on any atom is 0.130 e. The molecule has 0 unspecified atom stereocenters. The molecule has 0 amide bonds. The Labute approximate surface area is 137 Å². The Hall–Kier alpha value is -1.43. The van der Waals surface area contributed by atoms with Gasteiger partial charge < -0.3 is 10.2 Å². The topological polar surface area (TPSA) is 40.5 Å². The highest BCUT2D eigenvalue weighted by atomic mass is 32.2. The molecule has 0 aliphatic rings. The normalized spacial score (nSPS) is 10.3. The van der Waals surface area contributed by atoms with Crippen molar-refractivity contribution >= 4 is 35.3 Å². The van der Waals surface area contributed by atoms with Crippen LogP contribution in [0.5, 0.6) is 11.5 Å². The van der Waals surface area contributed by atoms with Crippen LogP contribution in [0.2, 0.25) is 0 Å². The molecule has 0 atom stereocenters. The van der Waals surface area contributed by atoms with Gasteiger partial charge in [-0.05, 0) is 35.1 Å². The van der Waals surface area contributed by atoms with Gasteiger partial charge in [-0.3, -0.25) is 0 Å². The van der Waals surface area contributed by atoms with Gasteiger partial charge in [-0.25, -0.2) is 0 Å². The van der Waals surface area contributed by atoms with Gasteiger partial charge in [-0.2, -0.15) is 0 Å². The number of hydrogen-bond donors (Lipinski definition) is 2. The van der Waals surface area contributed by atoms with Crippen LogP contribution >= 0.6 is 35.3 Å². The molecule has 0 fully saturated rings. The Morgan fingerprint density at radius 1 is 0.762 bits per heavy atom. The van der Waals surface area contributed by atoms with Crippen molar-refractivity contribution in [2.45, 2.75) is 19.6 Å². The first-order valence-corrected chi connectivity index (χ1v) is 8.62. The van der Waals surface area contributed by atoms with E-state index >= 15 is 0 Å². The molecule has 21 heavy (non-hydrogen) atoms. The van der Waals surface area contributed by atoms with E-state index in [0.717, 1.165) is 19.6 Å². The second kappa shape index (κ2) is 7.54. The molecule has 0 aromatic heterocycles. The standard InChI is InChI=1S/C16H14O2S3/c1-3-19-15-11(17)7-5-9-13(15)21-14-10-6-8-12(18)16(14)20-4-2/h3-10,17-18H,1-2H2. The van der Waals surface area contributed by atoms with Crippen molar-refractivity contribution in [3.05, 3.63) is 60.4 Å². The van der Waals surface area contributed by atoms with Crippen molar-refractivity contribution in [2.24, 2.45) is 0 Å². The molecule has 0 heterocycles. The minimum atomic E-state index is 0.225. The quantitative estimate of drug-likeness (QED) is 0.661. The lowest BCUT2D eigenvalue weighted by Crippen LogP contribution is -1.82. The average Bonchev–Trinajstić information content (AvgIpc) is 2.46. The van der Waals surface area contributed by atoms with Crippen LogP contribution in [-0.2, 0) is 0 Å². The van der Waals surface area contributed by atoms with Crippen LogP contribution in [0.4, 0.5) is 0 Å². The molecule has 2 nitrogen and oxygen atoms in total. The van der Waals surface area contributed by atoms with Gasteiger partial charge in [-0.1, -0.05) is 60.6 Å². The maximum atomic E-state index is 9.98. The molecule has 0 spiro atoms. The predicted molar refractivity (Wildman–Crippen MR) is 92.4 cm³/mol.